The first-order chi connectivity index (χ1) is 10.8. The molecule has 2 aliphatic rings. The summed E-state index contributed by atoms with van der Waals surface area (Å²) < 4.78 is 40.9. The number of hydrogen-bond donors (Lipinski definition) is 1. The Hall–Kier alpha value is -0.670. The lowest BCUT2D eigenvalue weighted by Crippen LogP contribution is -2.51. The Bertz CT molecular complexity index is 677. The minimum Gasteiger partial charge on any atom is -0.381 e. The second kappa shape index (κ2) is 6.33. The van der Waals surface area contributed by atoms with Crippen LogP contribution in [-0.4, -0.2) is 49.7 Å². The quantitative estimate of drug-likeness (QED) is 0.877. The monoisotopic (exact) mass is 363 g/mol. The van der Waals surface area contributed by atoms with Crippen LogP contribution in [0.2, 0.25) is 5.15 Å². The van der Waals surface area contributed by atoms with Gasteiger partial charge in [0, 0.05) is 32.9 Å². The van der Waals surface area contributed by atoms with E-state index in [0.717, 1.165) is 12.8 Å². The highest BCUT2D eigenvalue weighted by Gasteiger charge is 2.40. The molecule has 0 radical (unpaired) electrons. The van der Waals surface area contributed by atoms with Crippen LogP contribution in [0.5, 0.6) is 0 Å². The third-order valence-corrected chi connectivity index (χ3v) is 6.80. The third kappa shape index (κ3) is 3.41. The second-order valence-electron chi connectivity index (χ2n) is 6.28. The summed E-state index contributed by atoms with van der Waals surface area (Å²) in [7, 11) is -2.08. The van der Waals surface area contributed by atoms with Crippen molar-refractivity contribution in [2.24, 2.45) is 7.05 Å². The number of aryl methyl sites for hydroxylation is 2. The Labute approximate surface area is 141 Å². The van der Waals surface area contributed by atoms with Crippen molar-refractivity contribution < 1.29 is 17.9 Å². The van der Waals surface area contributed by atoms with E-state index in [1.165, 1.54) is 4.68 Å². The molecule has 2 saturated heterocycles. The van der Waals surface area contributed by atoms with Gasteiger partial charge in [0.05, 0.1) is 11.3 Å². The lowest BCUT2D eigenvalue weighted by Gasteiger charge is -2.43. The fraction of sp³-hybridized carbons (Fsp3) is 0.786. The number of hydrogen-bond acceptors (Lipinski definition) is 5. The second-order valence-corrected chi connectivity index (χ2v) is 8.29. The fourth-order valence-corrected chi connectivity index (χ4v) is 5.44. The molecule has 1 aromatic heterocycles. The predicted octanol–water partition coefficient (Wildman–Crippen LogP) is 1.39. The minimum absolute atomic E-state index is 0.0641. The Morgan fingerprint density at radius 2 is 2.04 bits per heavy atom. The maximum Gasteiger partial charge on any atom is 0.245 e. The first-order valence-electron chi connectivity index (χ1n) is 7.76. The van der Waals surface area contributed by atoms with Gasteiger partial charge >= 0.3 is 0 Å². The summed E-state index contributed by atoms with van der Waals surface area (Å²) in [4.78, 5) is 0.0641. The molecular formula is C14H22ClN3O4S. The van der Waals surface area contributed by atoms with Crippen molar-refractivity contribution in [1.29, 1.82) is 0 Å². The van der Waals surface area contributed by atoms with Crippen LogP contribution in [0.15, 0.2) is 4.90 Å². The molecule has 1 aromatic rings. The van der Waals surface area contributed by atoms with Crippen molar-refractivity contribution in [1.82, 2.24) is 14.5 Å². The van der Waals surface area contributed by atoms with E-state index < -0.39 is 10.0 Å². The van der Waals surface area contributed by atoms with Gasteiger partial charge in [-0.15, -0.1) is 0 Å². The van der Waals surface area contributed by atoms with Crippen LogP contribution in [-0.2, 0) is 26.5 Å². The maximum absolute atomic E-state index is 12.7. The number of nitrogens with one attached hydrogen (secondary N) is 1. The number of ether oxygens (including phenoxy) is 2. The van der Waals surface area contributed by atoms with E-state index in [1.54, 1.807) is 14.0 Å². The molecule has 2 aliphatic heterocycles. The SMILES string of the molecule is Cc1nn(C)c(Cl)c1S(=O)(=O)N[C@@H]1CCOC2(CCOCC2)C1. The van der Waals surface area contributed by atoms with Crippen LogP contribution in [0.3, 0.4) is 0 Å². The zero-order chi connectivity index (χ0) is 16.7. The largest absolute Gasteiger partial charge is 0.381 e. The first-order valence-corrected chi connectivity index (χ1v) is 9.62. The van der Waals surface area contributed by atoms with Gasteiger partial charge in [-0.05, 0) is 32.6 Å². The number of nitrogens with zero attached hydrogens (tertiary/aromatic N) is 2. The predicted molar refractivity (Wildman–Crippen MR) is 85.0 cm³/mol. The van der Waals surface area contributed by atoms with Gasteiger partial charge in [0.25, 0.3) is 0 Å². The maximum atomic E-state index is 12.7. The zero-order valence-corrected chi connectivity index (χ0v) is 14.9. The van der Waals surface area contributed by atoms with Crippen molar-refractivity contribution >= 4 is 21.6 Å². The Balaban J connectivity index is 1.77. The molecular weight excluding hydrogens is 342 g/mol. The minimum atomic E-state index is -3.71. The molecule has 130 valence electrons. The highest BCUT2D eigenvalue weighted by Crippen LogP contribution is 2.35. The Morgan fingerprint density at radius 3 is 2.65 bits per heavy atom. The number of halogens is 1. The first kappa shape index (κ1) is 17.2. The highest BCUT2D eigenvalue weighted by atomic mass is 35.5. The van der Waals surface area contributed by atoms with Crippen LogP contribution in [0.4, 0.5) is 0 Å². The fourth-order valence-electron chi connectivity index (χ4n) is 3.41. The summed E-state index contributed by atoms with van der Waals surface area (Å²) in [5.41, 5.74) is 0.134. The van der Waals surface area contributed by atoms with E-state index in [4.69, 9.17) is 21.1 Å². The van der Waals surface area contributed by atoms with Crippen molar-refractivity contribution in [2.75, 3.05) is 19.8 Å². The van der Waals surface area contributed by atoms with Crippen LogP contribution in [0, 0.1) is 6.92 Å². The van der Waals surface area contributed by atoms with Crippen LogP contribution >= 0.6 is 11.6 Å². The number of sulfonamides is 1. The third-order valence-electron chi connectivity index (χ3n) is 4.59. The lowest BCUT2D eigenvalue weighted by atomic mass is 9.84. The lowest BCUT2D eigenvalue weighted by molar-refractivity contribution is -0.138. The van der Waals surface area contributed by atoms with E-state index in [0.29, 0.717) is 38.4 Å². The number of rotatable bonds is 3. The van der Waals surface area contributed by atoms with Crippen molar-refractivity contribution in [3.05, 3.63) is 10.8 Å². The van der Waals surface area contributed by atoms with Gasteiger partial charge in [-0.2, -0.15) is 5.10 Å². The van der Waals surface area contributed by atoms with Gasteiger partial charge < -0.3 is 9.47 Å². The van der Waals surface area contributed by atoms with E-state index in [1.807, 2.05) is 0 Å². The van der Waals surface area contributed by atoms with E-state index >= 15 is 0 Å². The summed E-state index contributed by atoms with van der Waals surface area (Å²) >= 11 is 6.10. The topological polar surface area (TPSA) is 82.5 Å². The molecule has 7 nitrogen and oxygen atoms in total. The Kier molecular flexibility index (Phi) is 4.72. The molecule has 1 N–H and O–H groups in total. The van der Waals surface area contributed by atoms with Crippen molar-refractivity contribution in [2.45, 2.75) is 49.1 Å². The molecule has 0 amide bonds. The van der Waals surface area contributed by atoms with Gasteiger partial charge in [0.15, 0.2) is 0 Å². The van der Waals surface area contributed by atoms with Gasteiger partial charge in [-0.1, -0.05) is 11.6 Å². The summed E-state index contributed by atoms with van der Waals surface area (Å²) in [6, 6.07) is -0.164. The van der Waals surface area contributed by atoms with Crippen molar-refractivity contribution in [3.63, 3.8) is 0 Å². The molecule has 2 fully saturated rings. The smallest absolute Gasteiger partial charge is 0.245 e. The van der Waals surface area contributed by atoms with Gasteiger partial charge in [0.2, 0.25) is 10.0 Å². The van der Waals surface area contributed by atoms with Crippen LogP contribution in [0.25, 0.3) is 0 Å². The standard InChI is InChI=1S/C14H22ClN3O4S/c1-10-12(13(15)18(2)16-10)23(19,20)17-11-3-6-22-14(9-11)4-7-21-8-5-14/h11,17H,3-9H2,1-2H3/t11-/m1/s1. The summed E-state index contributed by atoms with van der Waals surface area (Å²) in [5, 5.41) is 4.21. The molecule has 0 unspecified atom stereocenters. The summed E-state index contributed by atoms with van der Waals surface area (Å²) in [5.74, 6) is 0. The van der Waals surface area contributed by atoms with Gasteiger partial charge in [0.1, 0.15) is 10.0 Å². The average molecular weight is 364 g/mol. The molecule has 23 heavy (non-hydrogen) atoms. The van der Waals surface area contributed by atoms with Gasteiger partial charge in [-0.25, -0.2) is 13.1 Å². The van der Waals surface area contributed by atoms with E-state index in [9.17, 15) is 8.42 Å². The average Bonchev–Trinajstić information content (AvgIpc) is 2.73. The molecule has 0 bridgehead atoms. The molecule has 1 spiro atoms. The van der Waals surface area contributed by atoms with Crippen LogP contribution < -0.4 is 4.72 Å². The molecule has 0 aromatic carbocycles. The van der Waals surface area contributed by atoms with E-state index in [-0.39, 0.29) is 21.7 Å². The molecule has 1 atom stereocenters. The molecule has 0 saturated carbocycles. The normalized spacial score (nSPS) is 24.9. The van der Waals surface area contributed by atoms with Crippen LogP contribution in [0.1, 0.15) is 31.4 Å². The molecule has 3 rings (SSSR count). The molecule has 9 heteroatoms. The van der Waals surface area contributed by atoms with E-state index in [2.05, 4.69) is 9.82 Å². The van der Waals surface area contributed by atoms with Crippen molar-refractivity contribution in [3.8, 4) is 0 Å². The molecule has 0 aliphatic carbocycles. The number of aromatic nitrogens is 2. The summed E-state index contributed by atoms with van der Waals surface area (Å²) in [6.45, 7) is 3.51. The Morgan fingerprint density at radius 1 is 1.35 bits per heavy atom. The summed E-state index contributed by atoms with van der Waals surface area (Å²) in [6.07, 6.45) is 2.92. The van der Waals surface area contributed by atoms with Gasteiger partial charge in [-0.3, -0.25) is 4.68 Å². The zero-order valence-electron chi connectivity index (χ0n) is 13.3. The highest BCUT2D eigenvalue weighted by molar-refractivity contribution is 7.89. The molecule has 3 heterocycles.